The van der Waals surface area contributed by atoms with Crippen molar-refractivity contribution in [2.45, 2.75) is 4.90 Å². The maximum Gasteiger partial charge on any atom is 0.264 e. The average molecular weight is 430 g/mol. The normalized spacial score (nSPS) is 11.5. The maximum absolute atomic E-state index is 12.1. The maximum atomic E-state index is 12.1. The lowest BCUT2D eigenvalue weighted by Crippen LogP contribution is -2.20. The molecule has 4 rings (SSSR count). The van der Waals surface area contributed by atoms with E-state index in [2.05, 4.69) is 25.8 Å². The van der Waals surface area contributed by atoms with Crippen LogP contribution in [0.5, 0.6) is 5.75 Å². The predicted molar refractivity (Wildman–Crippen MR) is 106 cm³/mol. The van der Waals surface area contributed by atoms with Crippen LogP contribution in [0.25, 0.3) is 15.9 Å². The van der Waals surface area contributed by atoms with E-state index in [9.17, 15) is 13.2 Å². The zero-order valence-corrected chi connectivity index (χ0v) is 16.6. The van der Waals surface area contributed by atoms with Gasteiger partial charge in [-0.3, -0.25) is 10.1 Å². The molecule has 10 nitrogen and oxygen atoms in total. The second-order valence-electron chi connectivity index (χ2n) is 6.01. The summed E-state index contributed by atoms with van der Waals surface area (Å²) in [5.41, 5.74) is 1.37. The molecule has 12 heteroatoms. The smallest absolute Gasteiger partial charge is 0.264 e. The van der Waals surface area contributed by atoms with E-state index in [0.717, 1.165) is 11.9 Å². The van der Waals surface area contributed by atoms with Gasteiger partial charge in [-0.25, -0.2) is 18.1 Å². The molecule has 0 bridgehead atoms. The molecule has 0 saturated carbocycles. The van der Waals surface area contributed by atoms with Crippen molar-refractivity contribution >= 4 is 42.4 Å². The van der Waals surface area contributed by atoms with Gasteiger partial charge >= 0.3 is 0 Å². The fourth-order valence-electron chi connectivity index (χ4n) is 2.47. The van der Waals surface area contributed by atoms with Gasteiger partial charge in [-0.15, -0.1) is 5.10 Å². The van der Waals surface area contributed by atoms with Gasteiger partial charge in [0.25, 0.3) is 5.91 Å². The van der Waals surface area contributed by atoms with Gasteiger partial charge in [0.2, 0.25) is 0 Å². The molecular weight excluding hydrogens is 416 g/mol. The molecule has 0 aliphatic carbocycles. The largest absolute Gasteiger partial charge is 0.484 e. The van der Waals surface area contributed by atoms with Gasteiger partial charge in [0.15, 0.2) is 21.6 Å². The zero-order chi connectivity index (χ0) is 20.4. The minimum absolute atomic E-state index is 0.200. The Morgan fingerprint density at radius 2 is 2.00 bits per heavy atom. The van der Waals surface area contributed by atoms with E-state index in [1.54, 1.807) is 36.4 Å². The van der Waals surface area contributed by atoms with Crippen LogP contribution in [0.15, 0.2) is 53.7 Å². The molecule has 0 atom stereocenters. The van der Waals surface area contributed by atoms with E-state index >= 15 is 0 Å². The number of ether oxygens (including phenoxy) is 1. The third-order valence-electron chi connectivity index (χ3n) is 3.85. The SMILES string of the molecule is CS(=O)(=O)c1ccc2nc(NC(=O)COc3ccc(-n4cnnn4)cc3)sc2c1. The molecule has 2 aromatic heterocycles. The highest BCUT2D eigenvalue weighted by atomic mass is 32.2. The third kappa shape index (κ3) is 4.38. The summed E-state index contributed by atoms with van der Waals surface area (Å²) in [4.78, 5) is 16.6. The van der Waals surface area contributed by atoms with Gasteiger partial charge < -0.3 is 4.74 Å². The molecule has 0 radical (unpaired) electrons. The highest BCUT2D eigenvalue weighted by Gasteiger charge is 2.12. The van der Waals surface area contributed by atoms with Gasteiger partial charge in [-0.1, -0.05) is 11.3 Å². The van der Waals surface area contributed by atoms with E-state index in [1.165, 1.54) is 28.4 Å². The molecule has 148 valence electrons. The fourth-order valence-corrected chi connectivity index (χ4v) is 4.11. The van der Waals surface area contributed by atoms with Gasteiger partial charge in [0, 0.05) is 6.26 Å². The van der Waals surface area contributed by atoms with Crippen molar-refractivity contribution in [3.05, 3.63) is 48.8 Å². The highest BCUT2D eigenvalue weighted by molar-refractivity contribution is 7.90. The lowest BCUT2D eigenvalue weighted by molar-refractivity contribution is -0.118. The van der Waals surface area contributed by atoms with Crippen molar-refractivity contribution in [3.8, 4) is 11.4 Å². The Hall–Kier alpha value is -3.38. The molecule has 0 saturated heterocycles. The van der Waals surface area contributed by atoms with Crippen molar-refractivity contribution in [1.29, 1.82) is 0 Å². The predicted octanol–water partition coefficient (Wildman–Crippen LogP) is 1.69. The second-order valence-corrected chi connectivity index (χ2v) is 9.05. The van der Waals surface area contributed by atoms with E-state index in [4.69, 9.17) is 4.74 Å². The minimum Gasteiger partial charge on any atom is -0.484 e. The molecule has 0 aliphatic heterocycles. The number of rotatable bonds is 6. The monoisotopic (exact) mass is 430 g/mol. The summed E-state index contributed by atoms with van der Waals surface area (Å²) < 4.78 is 31.0. The minimum atomic E-state index is -3.31. The van der Waals surface area contributed by atoms with Crippen molar-refractivity contribution in [3.63, 3.8) is 0 Å². The number of sulfone groups is 1. The lowest BCUT2D eigenvalue weighted by atomic mass is 10.3. The summed E-state index contributed by atoms with van der Waals surface area (Å²) >= 11 is 1.19. The van der Waals surface area contributed by atoms with Gasteiger partial charge in [-0.2, -0.15) is 0 Å². The van der Waals surface area contributed by atoms with Crippen molar-refractivity contribution in [2.75, 3.05) is 18.2 Å². The number of benzene rings is 2. The number of fused-ring (bicyclic) bond motifs is 1. The van der Waals surface area contributed by atoms with Crippen LogP contribution in [-0.4, -0.2) is 52.4 Å². The number of nitrogens with zero attached hydrogens (tertiary/aromatic N) is 5. The van der Waals surface area contributed by atoms with Gasteiger partial charge in [-0.05, 0) is 52.9 Å². The first kappa shape index (κ1) is 19.0. The summed E-state index contributed by atoms with van der Waals surface area (Å²) in [7, 11) is -3.31. The topological polar surface area (TPSA) is 129 Å². The van der Waals surface area contributed by atoms with Gasteiger partial charge in [0.1, 0.15) is 12.1 Å². The van der Waals surface area contributed by atoms with Crippen LogP contribution in [0, 0.1) is 0 Å². The molecule has 2 heterocycles. The van der Waals surface area contributed by atoms with E-state index in [-0.39, 0.29) is 17.4 Å². The Morgan fingerprint density at radius 1 is 1.21 bits per heavy atom. The number of anilines is 1. The molecule has 0 unspecified atom stereocenters. The Morgan fingerprint density at radius 3 is 2.69 bits per heavy atom. The number of hydrogen-bond donors (Lipinski definition) is 1. The first-order valence-electron chi connectivity index (χ1n) is 8.25. The van der Waals surface area contributed by atoms with Crippen molar-refractivity contribution < 1.29 is 17.9 Å². The molecule has 29 heavy (non-hydrogen) atoms. The first-order valence-corrected chi connectivity index (χ1v) is 11.0. The van der Waals surface area contributed by atoms with E-state index in [1.807, 2.05) is 0 Å². The Kier molecular flexibility index (Phi) is 4.94. The summed E-state index contributed by atoms with van der Waals surface area (Å²) in [5.74, 6) is 0.135. The molecule has 1 amide bonds. The van der Waals surface area contributed by atoms with Crippen LogP contribution < -0.4 is 10.1 Å². The fraction of sp³-hybridized carbons (Fsp3) is 0.118. The zero-order valence-electron chi connectivity index (χ0n) is 15.0. The first-order chi connectivity index (χ1) is 13.9. The lowest BCUT2D eigenvalue weighted by Gasteiger charge is -2.06. The molecule has 0 spiro atoms. The van der Waals surface area contributed by atoms with Crippen LogP contribution in [0.1, 0.15) is 0 Å². The quantitative estimate of drug-likeness (QED) is 0.489. The third-order valence-corrected chi connectivity index (χ3v) is 5.90. The molecule has 4 aromatic rings. The molecule has 0 aliphatic rings. The standard InChI is InChI=1S/C17H14N6O4S2/c1-29(25,26)13-6-7-14-15(8-13)28-17(19-14)20-16(24)9-27-12-4-2-11(3-5-12)23-10-18-21-22-23/h2-8,10H,9H2,1H3,(H,19,20,24). The molecule has 2 aromatic carbocycles. The Bertz CT molecular complexity index is 1270. The van der Waals surface area contributed by atoms with Crippen LogP contribution in [0.2, 0.25) is 0 Å². The van der Waals surface area contributed by atoms with E-state index < -0.39 is 9.84 Å². The van der Waals surface area contributed by atoms with Gasteiger partial charge in [0.05, 0.1) is 20.8 Å². The number of carbonyl (C=O) groups excluding carboxylic acids is 1. The Labute approximate surface area is 169 Å². The summed E-state index contributed by atoms with van der Waals surface area (Å²) in [6, 6.07) is 11.6. The van der Waals surface area contributed by atoms with Crippen LogP contribution in [0.3, 0.4) is 0 Å². The average Bonchev–Trinajstić information content (AvgIpc) is 3.35. The van der Waals surface area contributed by atoms with Crippen molar-refractivity contribution in [1.82, 2.24) is 25.2 Å². The number of nitrogens with one attached hydrogen (secondary N) is 1. The number of amides is 1. The number of aromatic nitrogens is 5. The highest BCUT2D eigenvalue weighted by Crippen LogP contribution is 2.28. The number of thiazole rings is 1. The number of carbonyl (C=O) groups is 1. The number of hydrogen-bond acceptors (Lipinski definition) is 9. The summed E-state index contributed by atoms with van der Waals surface area (Å²) in [6.07, 6.45) is 2.62. The summed E-state index contributed by atoms with van der Waals surface area (Å²) in [5, 5.41) is 13.9. The van der Waals surface area contributed by atoms with Crippen LogP contribution in [-0.2, 0) is 14.6 Å². The molecule has 0 fully saturated rings. The number of tetrazole rings is 1. The summed E-state index contributed by atoms with van der Waals surface area (Å²) in [6.45, 7) is -0.200. The van der Waals surface area contributed by atoms with Crippen LogP contribution >= 0.6 is 11.3 Å². The second kappa shape index (κ2) is 7.56. The Balaban J connectivity index is 1.38. The van der Waals surface area contributed by atoms with Crippen LogP contribution in [0.4, 0.5) is 5.13 Å². The molecule has 1 N–H and O–H groups in total. The molecular formula is C17H14N6O4S2. The van der Waals surface area contributed by atoms with E-state index in [0.29, 0.717) is 21.1 Å². The van der Waals surface area contributed by atoms with Crippen molar-refractivity contribution in [2.24, 2.45) is 0 Å².